The molecular weight excluding hydrogens is 292 g/mol. The third-order valence-electron chi connectivity index (χ3n) is 3.64. The third kappa shape index (κ3) is 4.48. The topological polar surface area (TPSA) is 68.2 Å². The Kier molecular flexibility index (Phi) is 6.02. The van der Waals surface area contributed by atoms with Crippen molar-refractivity contribution in [2.24, 2.45) is 7.05 Å². The number of carbonyl (C=O) groups excluding carboxylic acids is 1. The van der Waals surface area contributed by atoms with Crippen LogP contribution >= 0.6 is 0 Å². The molecule has 1 atom stereocenters. The van der Waals surface area contributed by atoms with E-state index in [1.54, 1.807) is 13.3 Å². The van der Waals surface area contributed by atoms with Gasteiger partial charge in [0.1, 0.15) is 17.6 Å². The molecule has 1 unspecified atom stereocenters. The molecule has 0 saturated carbocycles. The molecule has 23 heavy (non-hydrogen) atoms. The van der Waals surface area contributed by atoms with Crippen LogP contribution < -0.4 is 15.4 Å². The second-order valence-electron chi connectivity index (χ2n) is 5.36. The molecule has 124 valence electrons. The van der Waals surface area contributed by atoms with Crippen LogP contribution in [-0.4, -0.2) is 29.2 Å². The number of aromatic nitrogens is 2. The van der Waals surface area contributed by atoms with E-state index in [1.807, 2.05) is 42.1 Å². The monoisotopic (exact) mass is 316 g/mol. The van der Waals surface area contributed by atoms with Crippen LogP contribution in [0.2, 0.25) is 0 Å². The summed E-state index contributed by atoms with van der Waals surface area (Å²) in [4.78, 5) is 16.5. The van der Waals surface area contributed by atoms with Crippen LogP contribution in [0.15, 0.2) is 36.7 Å². The number of urea groups is 1. The molecule has 1 aromatic carbocycles. The summed E-state index contributed by atoms with van der Waals surface area (Å²) in [7, 11) is 3.53. The van der Waals surface area contributed by atoms with Crippen molar-refractivity contribution in [3.05, 3.63) is 48.0 Å². The number of imidazole rings is 1. The summed E-state index contributed by atoms with van der Waals surface area (Å²) < 4.78 is 7.18. The highest BCUT2D eigenvalue weighted by Gasteiger charge is 2.21. The van der Waals surface area contributed by atoms with E-state index in [-0.39, 0.29) is 12.1 Å². The maximum Gasteiger partial charge on any atom is 0.315 e. The molecule has 2 rings (SSSR count). The molecule has 1 aromatic heterocycles. The fourth-order valence-electron chi connectivity index (χ4n) is 2.33. The molecule has 0 fully saturated rings. The first-order valence-corrected chi connectivity index (χ1v) is 7.81. The van der Waals surface area contributed by atoms with Gasteiger partial charge in [-0.25, -0.2) is 9.78 Å². The van der Waals surface area contributed by atoms with Gasteiger partial charge in [0.25, 0.3) is 0 Å². The highest BCUT2D eigenvalue weighted by molar-refractivity contribution is 5.74. The Morgan fingerprint density at radius 3 is 2.91 bits per heavy atom. The fraction of sp³-hybridized carbons (Fsp3) is 0.412. The number of carbonyl (C=O) groups is 1. The summed E-state index contributed by atoms with van der Waals surface area (Å²) in [6, 6.07) is 7.10. The molecule has 6 nitrogen and oxygen atoms in total. The van der Waals surface area contributed by atoms with Crippen LogP contribution in [0.25, 0.3) is 0 Å². The van der Waals surface area contributed by atoms with Gasteiger partial charge in [-0.1, -0.05) is 25.5 Å². The van der Waals surface area contributed by atoms with E-state index >= 15 is 0 Å². The quantitative estimate of drug-likeness (QED) is 0.772. The number of nitrogens with one attached hydrogen (secondary N) is 2. The standard InChI is InChI=1S/C17H24N4O2/c1-4-5-9-19-17(22)20-15(16-18-10-11-21(16)2)13-7-6-8-14(12-13)23-3/h6-8,10-12,15H,4-5,9H2,1-3H3,(H2,19,20,22). The number of ether oxygens (including phenoxy) is 1. The van der Waals surface area contributed by atoms with Crippen LogP contribution in [0.3, 0.4) is 0 Å². The lowest BCUT2D eigenvalue weighted by atomic mass is 10.1. The summed E-state index contributed by atoms with van der Waals surface area (Å²) >= 11 is 0. The Bertz CT molecular complexity index is 639. The third-order valence-corrected chi connectivity index (χ3v) is 3.64. The van der Waals surface area contributed by atoms with Gasteiger partial charge in [0, 0.05) is 26.0 Å². The van der Waals surface area contributed by atoms with E-state index in [0.29, 0.717) is 6.54 Å². The highest BCUT2D eigenvalue weighted by Crippen LogP contribution is 2.24. The van der Waals surface area contributed by atoms with Crippen molar-refractivity contribution in [2.75, 3.05) is 13.7 Å². The molecule has 0 aliphatic rings. The first kappa shape index (κ1) is 16.9. The van der Waals surface area contributed by atoms with Crippen molar-refractivity contribution in [2.45, 2.75) is 25.8 Å². The number of amides is 2. The van der Waals surface area contributed by atoms with E-state index in [2.05, 4.69) is 22.5 Å². The lowest BCUT2D eigenvalue weighted by Crippen LogP contribution is -2.39. The van der Waals surface area contributed by atoms with E-state index in [9.17, 15) is 4.79 Å². The molecule has 0 saturated heterocycles. The molecule has 0 bridgehead atoms. The van der Waals surface area contributed by atoms with Gasteiger partial charge < -0.3 is 19.9 Å². The predicted octanol–water partition coefficient (Wildman–Crippen LogP) is 2.62. The zero-order valence-corrected chi connectivity index (χ0v) is 13.9. The molecular formula is C17H24N4O2. The number of unbranched alkanes of at least 4 members (excludes halogenated alkanes) is 1. The number of hydrogen-bond donors (Lipinski definition) is 2. The molecule has 0 spiro atoms. The van der Waals surface area contributed by atoms with Crippen molar-refractivity contribution in [1.29, 1.82) is 0 Å². The second kappa shape index (κ2) is 8.22. The van der Waals surface area contributed by atoms with E-state index in [1.165, 1.54) is 0 Å². The summed E-state index contributed by atoms with van der Waals surface area (Å²) in [6.07, 6.45) is 5.58. The van der Waals surface area contributed by atoms with Crippen molar-refractivity contribution in [3.63, 3.8) is 0 Å². The molecule has 2 amide bonds. The van der Waals surface area contributed by atoms with Gasteiger partial charge >= 0.3 is 6.03 Å². The lowest BCUT2D eigenvalue weighted by molar-refractivity contribution is 0.238. The Morgan fingerprint density at radius 1 is 1.43 bits per heavy atom. The van der Waals surface area contributed by atoms with Crippen molar-refractivity contribution < 1.29 is 9.53 Å². The molecule has 2 N–H and O–H groups in total. The lowest BCUT2D eigenvalue weighted by Gasteiger charge is -2.20. The summed E-state index contributed by atoms with van der Waals surface area (Å²) in [5, 5.41) is 5.87. The van der Waals surface area contributed by atoms with Gasteiger partial charge in [-0.2, -0.15) is 0 Å². The Hall–Kier alpha value is -2.50. The van der Waals surface area contributed by atoms with E-state index in [4.69, 9.17) is 4.74 Å². The van der Waals surface area contributed by atoms with Crippen LogP contribution in [0.5, 0.6) is 5.75 Å². The summed E-state index contributed by atoms with van der Waals surface area (Å²) in [6.45, 7) is 2.75. The number of rotatable bonds is 7. The van der Waals surface area contributed by atoms with E-state index < -0.39 is 0 Å². The predicted molar refractivity (Wildman–Crippen MR) is 89.5 cm³/mol. The van der Waals surface area contributed by atoms with Gasteiger partial charge in [-0.3, -0.25) is 0 Å². The number of hydrogen-bond acceptors (Lipinski definition) is 3. The fourth-order valence-corrected chi connectivity index (χ4v) is 2.33. The smallest absolute Gasteiger partial charge is 0.315 e. The highest BCUT2D eigenvalue weighted by atomic mass is 16.5. The maximum absolute atomic E-state index is 12.2. The van der Waals surface area contributed by atoms with E-state index in [0.717, 1.165) is 30.0 Å². The van der Waals surface area contributed by atoms with Crippen LogP contribution in [-0.2, 0) is 7.05 Å². The van der Waals surface area contributed by atoms with Crippen LogP contribution in [0.4, 0.5) is 4.79 Å². The van der Waals surface area contributed by atoms with Crippen LogP contribution in [0.1, 0.15) is 37.2 Å². The molecule has 1 heterocycles. The van der Waals surface area contributed by atoms with Gasteiger partial charge in [0.05, 0.1) is 7.11 Å². The van der Waals surface area contributed by atoms with Crippen molar-refractivity contribution >= 4 is 6.03 Å². The van der Waals surface area contributed by atoms with Crippen LogP contribution in [0, 0.1) is 0 Å². The number of aryl methyl sites for hydroxylation is 1. The minimum Gasteiger partial charge on any atom is -0.497 e. The van der Waals surface area contributed by atoms with Gasteiger partial charge in [0.15, 0.2) is 0 Å². The molecule has 0 radical (unpaired) electrons. The van der Waals surface area contributed by atoms with Gasteiger partial charge in [-0.15, -0.1) is 0 Å². The summed E-state index contributed by atoms with van der Waals surface area (Å²) in [5.74, 6) is 1.51. The van der Waals surface area contributed by atoms with Gasteiger partial charge in [-0.05, 0) is 24.1 Å². The molecule has 6 heteroatoms. The zero-order chi connectivity index (χ0) is 16.7. The molecule has 2 aromatic rings. The van der Waals surface area contributed by atoms with Crippen molar-refractivity contribution in [3.8, 4) is 5.75 Å². The first-order valence-electron chi connectivity index (χ1n) is 7.81. The minimum absolute atomic E-state index is 0.200. The van der Waals surface area contributed by atoms with Gasteiger partial charge in [0.2, 0.25) is 0 Å². The Balaban J connectivity index is 2.22. The normalized spacial score (nSPS) is 11.8. The second-order valence-corrected chi connectivity index (χ2v) is 5.36. The zero-order valence-electron chi connectivity index (χ0n) is 13.9. The summed E-state index contributed by atoms with van der Waals surface area (Å²) in [5.41, 5.74) is 0.921. The van der Waals surface area contributed by atoms with Crippen molar-refractivity contribution in [1.82, 2.24) is 20.2 Å². The Labute approximate surface area is 136 Å². The molecule has 0 aliphatic carbocycles. The minimum atomic E-state index is -0.341. The largest absolute Gasteiger partial charge is 0.497 e. The number of methoxy groups -OCH3 is 1. The maximum atomic E-state index is 12.2. The average Bonchev–Trinajstić information content (AvgIpc) is 2.99. The average molecular weight is 316 g/mol. The SMILES string of the molecule is CCCCNC(=O)NC(c1cccc(OC)c1)c1nccn1C. The number of nitrogens with zero attached hydrogens (tertiary/aromatic N) is 2. The Morgan fingerprint density at radius 2 is 2.26 bits per heavy atom. The molecule has 0 aliphatic heterocycles. The number of benzene rings is 1. The first-order chi connectivity index (χ1) is 11.2.